The van der Waals surface area contributed by atoms with Crippen LogP contribution in [0.4, 0.5) is 14.6 Å². The van der Waals surface area contributed by atoms with Gasteiger partial charge >= 0.3 is 6.61 Å². The van der Waals surface area contributed by atoms with E-state index < -0.39 is 12.7 Å². The number of hydrogen-bond donors (Lipinski definition) is 2. The van der Waals surface area contributed by atoms with E-state index in [0.717, 1.165) is 0 Å². The maximum absolute atomic E-state index is 12.0. The molecule has 0 fully saturated rings. The molecule has 0 bridgehead atoms. The van der Waals surface area contributed by atoms with Crippen molar-refractivity contribution in [3.63, 3.8) is 0 Å². The molecule has 2 N–H and O–H groups in total. The summed E-state index contributed by atoms with van der Waals surface area (Å²) < 4.78 is 33.3. The van der Waals surface area contributed by atoms with E-state index >= 15 is 0 Å². The number of alkyl halides is 2. The smallest absolute Gasteiger partial charge is 0.387 e. The molecule has 102 valence electrons. The normalized spacial score (nSPS) is 12.6. The first-order chi connectivity index (χ1) is 8.52. The second-order valence-electron chi connectivity index (χ2n) is 3.37. The van der Waals surface area contributed by atoms with Crippen LogP contribution in [0.5, 0.6) is 5.75 Å². The van der Waals surface area contributed by atoms with Crippen LogP contribution in [-0.2, 0) is 4.74 Å². The first-order valence-corrected chi connectivity index (χ1v) is 5.83. The average molecular weight is 327 g/mol. The molecule has 0 saturated carbocycles. The number of nitrogens with one attached hydrogen (secondary N) is 1. The van der Waals surface area contributed by atoms with Gasteiger partial charge in [-0.15, -0.1) is 0 Å². The average Bonchev–Trinajstić information content (AvgIpc) is 2.27. The summed E-state index contributed by atoms with van der Waals surface area (Å²) in [6, 6.07) is 1.37. The Labute approximate surface area is 111 Å². The molecule has 0 aliphatic carbocycles. The van der Waals surface area contributed by atoms with Crippen LogP contribution in [0.2, 0.25) is 0 Å². The molecular formula is C10H13BrF2N2O3. The van der Waals surface area contributed by atoms with E-state index in [9.17, 15) is 13.9 Å². The summed E-state index contributed by atoms with van der Waals surface area (Å²) in [5.74, 6) is 0.381. The summed E-state index contributed by atoms with van der Waals surface area (Å²) in [6.07, 6.45) is 0.489. The van der Waals surface area contributed by atoms with Gasteiger partial charge in [0.2, 0.25) is 0 Å². The van der Waals surface area contributed by atoms with Crippen LogP contribution < -0.4 is 10.1 Å². The third-order valence-electron chi connectivity index (χ3n) is 1.91. The lowest BCUT2D eigenvalue weighted by atomic mass is 10.3. The molecule has 0 aromatic carbocycles. The van der Waals surface area contributed by atoms with E-state index in [0.29, 0.717) is 10.3 Å². The molecule has 0 aliphatic rings. The van der Waals surface area contributed by atoms with Crippen molar-refractivity contribution in [3.8, 4) is 5.75 Å². The number of aromatic nitrogens is 1. The first kappa shape index (κ1) is 15.1. The van der Waals surface area contributed by atoms with Crippen LogP contribution in [0.3, 0.4) is 0 Å². The minimum Gasteiger partial charge on any atom is -0.433 e. The fraction of sp³-hybridized carbons (Fsp3) is 0.500. The molecule has 1 heterocycles. The molecule has 1 atom stereocenters. The van der Waals surface area contributed by atoms with Gasteiger partial charge in [0.05, 0.1) is 23.4 Å². The number of anilines is 1. The third kappa shape index (κ3) is 5.11. The molecule has 8 heteroatoms. The van der Waals surface area contributed by atoms with Crippen LogP contribution in [-0.4, -0.2) is 43.1 Å². The molecule has 5 nitrogen and oxygen atoms in total. The number of ether oxygens (including phenoxy) is 2. The van der Waals surface area contributed by atoms with Crippen molar-refractivity contribution in [3.05, 3.63) is 16.7 Å². The minimum absolute atomic E-state index is 0.0418. The summed E-state index contributed by atoms with van der Waals surface area (Å²) in [7, 11) is 1.48. The zero-order chi connectivity index (χ0) is 13.5. The highest BCUT2D eigenvalue weighted by Gasteiger charge is 2.09. The summed E-state index contributed by atoms with van der Waals surface area (Å²) in [6.45, 7) is -2.47. The molecule has 0 saturated heterocycles. The number of hydrogen-bond acceptors (Lipinski definition) is 5. The Bertz CT molecular complexity index is 382. The molecule has 0 aliphatic heterocycles. The van der Waals surface area contributed by atoms with Crippen LogP contribution in [0.25, 0.3) is 0 Å². The Balaban J connectivity index is 2.57. The first-order valence-electron chi connectivity index (χ1n) is 5.04. The molecule has 18 heavy (non-hydrogen) atoms. The molecule has 0 radical (unpaired) electrons. The lowest BCUT2D eigenvalue weighted by Crippen LogP contribution is -2.24. The van der Waals surface area contributed by atoms with Gasteiger partial charge in [-0.05, 0) is 22.0 Å². The van der Waals surface area contributed by atoms with E-state index in [2.05, 4.69) is 31.0 Å². The molecule has 1 rings (SSSR count). The van der Waals surface area contributed by atoms with Crippen molar-refractivity contribution in [2.24, 2.45) is 0 Å². The Hall–Kier alpha value is -0.990. The molecule has 1 aromatic rings. The van der Waals surface area contributed by atoms with Crippen molar-refractivity contribution in [2.75, 3.05) is 25.6 Å². The Morgan fingerprint density at radius 2 is 2.28 bits per heavy atom. The topological polar surface area (TPSA) is 63.6 Å². The molecule has 0 amide bonds. The number of aliphatic hydroxyl groups is 1. The van der Waals surface area contributed by atoms with Gasteiger partial charge in [-0.2, -0.15) is 8.78 Å². The second kappa shape index (κ2) is 7.45. The number of halogens is 3. The van der Waals surface area contributed by atoms with Crippen LogP contribution in [0.15, 0.2) is 16.7 Å². The Morgan fingerprint density at radius 3 is 2.83 bits per heavy atom. The fourth-order valence-electron chi connectivity index (χ4n) is 1.18. The fourth-order valence-corrected chi connectivity index (χ4v) is 1.65. The summed E-state index contributed by atoms with van der Waals surface area (Å²) >= 11 is 3.16. The van der Waals surface area contributed by atoms with Crippen LogP contribution in [0.1, 0.15) is 0 Å². The van der Waals surface area contributed by atoms with Gasteiger partial charge in [-0.25, -0.2) is 4.98 Å². The van der Waals surface area contributed by atoms with Gasteiger partial charge in [0.25, 0.3) is 0 Å². The maximum atomic E-state index is 12.0. The van der Waals surface area contributed by atoms with E-state index in [1.807, 2.05) is 0 Å². The van der Waals surface area contributed by atoms with Gasteiger partial charge in [0.1, 0.15) is 11.6 Å². The predicted octanol–water partition coefficient (Wildman–Crippen LogP) is 1.86. The Kier molecular flexibility index (Phi) is 6.23. The quantitative estimate of drug-likeness (QED) is 0.800. The largest absolute Gasteiger partial charge is 0.433 e. The summed E-state index contributed by atoms with van der Waals surface area (Å²) in [5, 5.41) is 12.3. The number of pyridine rings is 1. The van der Waals surface area contributed by atoms with Crippen molar-refractivity contribution in [1.82, 2.24) is 4.98 Å². The Morgan fingerprint density at radius 1 is 1.56 bits per heavy atom. The van der Waals surface area contributed by atoms with Crippen molar-refractivity contribution in [1.29, 1.82) is 0 Å². The van der Waals surface area contributed by atoms with E-state index in [1.165, 1.54) is 19.4 Å². The number of aliphatic hydroxyl groups excluding tert-OH is 1. The van der Waals surface area contributed by atoms with Gasteiger partial charge in [-0.1, -0.05) is 0 Å². The van der Waals surface area contributed by atoms with Crippen molar-refractivity contribution in [2.45, 2.75) is 12.7 Å². The standard InChI is InChI=1S/C10H13BrF2N2O3/c1-17-5-6(16)3-14-9-8(11)2-7(4-15-9)18-10(12)13/h2,4,6,10,16H,3,5H2,1H3,(H,14,15)/t6-/m0/s1. The lowest BCUT2D eigenvalue weighted by molar-refractivity contribution is -0.0501. The lowest BCUT2D eigenvalue weighted by Gasteiger charge is -2.13. The van der Waals surface area contributed by atoms with Gasteiger partial charge in [0, 0.05) is 13.7 Å². The maximum Gasteiger partial charge on any atom is 0.387 e. The molecule has 1 aromatic heterocycles. The highest BCUT2D eigenvalue weighted by Crippen LogP contribution is 2.25. The zero-order valence-corrected chi connectivity index (χ0v) is 11.2. The van der Waals surface area contributed by atoms with E-state index in [4.69, 9.17) is 4.74 Å². The highest BCUT2D eigenvalue weighted by atomic mass is 79.9. The van der Waals surface area contributed by atoms with Crippen molar-refractivity contribution >= 4 is 21.7 Å². The monoisotopic (exact) mass is 326 g/mol. The number of rotatable bonds is 7. The minimum atomic E-state index is -2.89. The zero-order valence-electron chi connectivity index (χ0n) is 9.57. The molecular weight excluding hydrogens is 314 g/mol. The molecule has 0 spiro atoms. The molecule has 0 unspecified atom stereocenters. The predicted molar refractivity (Wildman–Crippen MR) is 64.9 cm³/mol. The van der Waals surface area contributed by atoms with Crippen LogP contribution in [0, 0.1) is 0 Å². The van der Waals surface area contributed by atoms with E-state index in [1.54, 1.807) is 0 Å². The number of nitrogens with zero attached hydrogens (tertiary/aromatic N) is 1. The van der Waals surface area contributed by atoms with E-state index in [-0.39, 0.29) is 18.9 Å². The number of methoxy groups -OCH3 is 1. The van der Waals surface area contributed by atoms with Gasteiger partial charge < -0.3 is 19.9 Å². The van der Waals surface area contributed by atoms with Crippen molar-refractivity contribution < 1.29 is 23.4 Å². The highest BCUT2D eigenvalue weighted by molar-refractivity contribution is 9.10. The SMILES string of the molecule is COC[C@@H](O)CNc1ncc(OC(F)F)cc1Br. The second-order valence-corrected chi connectivity index (χ2v) is 4.22. The van der Waals surface area contributed by atoms with Gasteiger partial charge in [-0.3, -0.25) is 0 Å². The van der Waals surface area contributed by atoms with Gasteiger partial charge in [0.15, 0.2) is 0 Å². The summed E-state index contributed by atoms with van der Waals surface area (Å²) in [5.41, 5.74) is 0. The third-order valence-corrected chi connectivity index (χ3v) is 2.51. The van der Waals surface area contributed by atoms with Crippen LogP contribution >= 0.6 is 15.9 Å². The summed E-state index contributed by atoms with van der Waals surface area (Å²) in [4.78, 5) is 3.90.